The molecule has 2 aromatic heterocycles. The number of hydrogen-bond acceptors (Lipinski definition) is 3. The summed E-state index contributed by atoms with van der Waals surface area (Å²) in [7, 11) is 3.84. The van der Waals surface area contributed by atoms with Crippen LogP contribution in [0.1, 0.15) is 23.0 Å². The second-order valence-electron chi connectivity index (χ2n) is 5.28. The van der Waals surface area contributed by atoms with E-state index in [4.69, 9.17) is 0 Å². The van der Waals surface area contributed by atoms with Gasteiger partial charge in [-0.05, 0) is 17.7 Å². The van der Waals surface area contributed by atoms with Gasteiger partial charge in [0.25, 0.3) is 0 Å². The van der Waals surface area contributed by atoms with Crippen molar-refractivity contribution in [1.82, 2.24) is 24.6 Å². The Hall–Kier alpha value is -2.18. The summed E-state index contributed by atoms with van der Waals surface area (Å²) >= 11 is 0. The van der Waals surface area contributed by atoms with Crippen molar-refractivity contribution in [3.8, 4) is 0 Å². The van der Waals surface area contributed by atoms with Crippen molar-refractivity contribution < 1.29 is 4.39 Å². The molecular formula is C16H19ClFN5. The van der Waals surface area contributed by atoms with Crippen LogP contribution in [0, 0.1) is 5.82 Å². The molecule has 1 atom stereocenters. The van der Waals surface area contributed by atoms with Crippen molar-refractivity contribution >= 4 is 12.4 Å². The Kier molecular flexibility index (Phi) is 5.52. The summed E-state index contributed by atoms with van der Waals surface area (Å²) in [6.45, 7) is 0.655. The zero-order valence-corrected chi connectivity index (χ0v) is 13.8. The van der Waals surface area contributed by atoms with Crippen LogP contribution in [0.15, 0.2) is 49.1 Å². The SMILES string of the molecule is Cl.Cn1cc(CNC(c2ccc(F)cc2)c2nccn2C)cn1. The molecule has 3 rings (SSSR count). The molecule has 0 saturated carbocycles. The molecule has 23 heavy (non-hydrogen) atoms. The van der Waals surface area contributed by atoms with Crippen molar-refractivity contribution in [2.45, 2.75) is 12.6 Å². The van der Waals surface area contributed by atoms with Gasteiger partial charge in [-0.1, -0.05) is 12.1 Å². The molecule has 0 fully saturated rings. The first-order valence-electron chi connectivity index (χ1n) is 7.07. The number of benzene rings is 1. The predicted molar refractivity (Wildman–Crippen MR) is 88.7 cm³/mol. The lowest BCUT2D eigenvalue weighted by Gasteiger charge is -2.19. The number of imidazole rings is 1. The summed E-state index contributed by atoms with van der Waals surface area (Å²) < 4.78 is 16.9. The monoisotopic (exact) mass is 335 g/mol. The Morgan fingerprint density at radius 3 is 2.52 bits per heavy atom. The molecule has 0 aliphatic rings. The normalized spacial score (nSPS) is 12.0. The topological polar surface area (TPSA) is 47.7 Å². The first-order chi connectivity index (χ1) is 10.6. The van der Waals surface area contributed by atoms with Gasteiger partial charge in [0.05, 0.1) is 12.2 Å². The Morgan fingerprint density at radius 1 is 1.22 bits per heavy atom. The van der Waals surface area contributed by atoms with Crippen LogP contribution in [0.2, 0.25) is 0 Å². The fraction of sp³-hybridized carbons (Fsp3) is 0.250. The van der Waals surface area contributed by atoms with E-state index in [1.54, 1.807) is 23.0 Å². The second kappa shape index (κ2) is 7.39. The highest BCUT2D eigenvalue weighted by Gasteiger charge is 2.18. The first kappa shape index (κ1) is 17.2. The fourth-order valence-corrected chi connectivity index (χ4v) is 2.45. The van der Waals surface area contributed by atoms with E-state index < -0.39 is 0 Å². The number of rotatable bonds is 5. The first-order valence-corrected chi connectivity index (χ1v) is 7.07. The van der Waals surface area contributed by atoms with Crippen molar-refractivity contribution in [2.24, 2.45) is 14.1 Å². The molecule has 0 spiro atoms. The number of aryl methyl sites for hydroxylation is 2. The highest BCUT2D eigenvalue weighted by Crippen LogP contribution is 2.21. The van der Waals surface area contributed by atoms with Gasteiger partial charge in [-0.25, -0.2) is 9.37 Å². The van der Waals surface area contributed by atoms with Gasteiger partial charge in [0.1, 0.15) is 11.6 Å². The second-order valence-corrected chi connectivity index (χ2v) is 5.28. The van der Waals surface area contributed by atoms with Gasteiger partial charge in [-0.2, -0.15) is 5.10 Å². The number of nitrogens with one attached hydrogen (secondary N) is 1. The molecule has 7 heteroatoms. The lowest BCUT2D eigenvalue weighted by molar-refractivity contribution is 0.555. The lowest BCUT2D eigenvalue weighted by atomic mass is 10.1. The average Bonchev–Trinajstić information content (AvgIpc) is 3.10. The van der Waals surface area contributed by atoms with E-state index in [2.05, 4.69) is 15.4 Å². The van der Waals surface area contributed by atoms with E-state index in [0.29, 0.717) is 6.54 Å². The molecule has 0 aliphatic carbocycles. The molecule has 0 amide bonds. The Morgan fingerprint density at radius 2 is 1.96 bits per heavy atom. The third-order valence-electron chi connectivity index (χ3n) is 3.59. The fourth-order valence-electron chi connectivity index (χ4n) is 2.45. The molecule has 0 aliphatic heterocycles. The predicted octanol–water partition coefficient (Wildman–Crippen LogP) is 2.59. The third-order valence-corrected chi connectivity index (χ3v) is 3.59. The largest absolute Gasteiger partial charge is 0.336 e. The van der Waals surface area contributed by atoms with Crippen LogP contribution in [0.3, 0.4) is 0 Å². The molecule has 0 bridgehead atoms. The maximum absolute atomic E-state index is 13.2. The molecule has 1 N–H and O–H groups in total. The van der Waals surface area contributed by atoms with Gasteiger partial charge in [0.2, 0.25) is 0 Å². The van der Waals surface area contributed by atoms with E-state index in [0.717, 1.165) is 17.0 Å². The zero-order valence-electron chi connectivity index (χ0n) is 13.0. The van der Waals surface area contributed by atoms with Crippen molar-refractivity contribution in [3.63, 3.8) is 0 Å². The molecule has 1 unspecified atom stereocenters. The van der Waals surface area contributed by atoms with Crippen LogP contribution in [-0.2, 0) is 20.6 Å². The maximum atomic E-state index is 13.2. The average molecular weight is 336 g/mol. The molecule has 0 radical (unpaired) electrons. The summed E-state index contributed by atoms with van der Waals surface area (Å²) in [4.78, 5) is 4.42. The highest BCUT2D eigenvalue weighted by atomic mass is 35.5. The van der Waals surface area contributed by atoms with Gasteiger partial charge in [0, 0.05) is 44.8 Å². The van der Waals surface area contributed by atoms with Gasteiger partial charge >= 0.3 is 0 Å². The smallest absolute Gasteiger partial charge is 0.130 e. The van der Waals surface area contributed by atoms with E-state index in [1.807, 2.05) is 37.3 Å². The maximum Gasteiger partial charge on any atom is 0.130 e. The Labute approximate surface area is 140 Å². The number of aromatic nitrogens is 4. The van der Waals surface area contributed by atoms with Gasteiger partial charge in [-0.15, -0.1) is 12.4 Å². The van der Waals surface area contributed by atoms with Gasteiger partial charge < -0.3 is 4.57 Å². The quantitative estimate of drug-likeness (QED) is 0.779. The van der Waals surface area contributed by atoms with E-state index in [-0.39, 0.29) is 24.3 Å². The van der Waals surface area contributed by atoms with Crippen LogP contribution >= 0.6 is 12.4 Å². The number of hydrogen-bond donors (Lipinski definition) is 1. The third kappa shape index (κ3) is 3.97. The van der Waals surface area contributed by atoms with Crippen LogP contribution in [0.4, 0.5) is 4.39 Å². The molecule has 0 saturated heterocycles. The van der Waals surface area contributed by atoms with Crippen molar-refractivity contribution in [2.75, 3.05) is 0 Å². The van der Waals surface area contributed by atoms with Crippen LogP contribution in [0.5, 0.6) is 0 Å². The van der Waals surface area contributed by atoms with Crippen LogP contribution < -0.4 is 5.32 Å². The van der Waals surface area contributed by atoms with Crippen LogP contribution in [0.25, 0.3) is 0 Å². The number of halogens is 2. The van der Waals surface area contributed by atoms with Crippen molar-refractivity contribution in [1.29, 1.82) is 0 Å². The van der Waals surface area contributed by atoms with E-state index >= 15 is 0 Å². The van der Waals surface area contributed by atoms with E-state index in [9.17, 15) is 4.39 Å². The minimum Gasteiger partial charge on any atom is -0.336 e. The summed E-state index contributed by atoms with van der Waals surface area (Å²) in [6.07, 6.45) is 7.45. The van der Waals surface area contributed by atoms with Crippen molar-refractivity contribution in [3.05, 3.63) is 71.8 Å². The standard InChI is InChI=1S/C16H18FN5.ClH/c1-21-8-7-18-16(21)15(13-3-5-14(17)6-4-13)19-9-12-10-20-22(2)11-12;/h3-8,10-11,15,19H,9H2,1-2H3;1H. The van der Waals surface area contributed by atoms with Gasteiger partial charge in [0.15, 0.2) is 0 Å². The summed E-state index contributed by atoms with van der Waals surface area (Å²) in [5.41, 5.74) is 2.06. The summed E-state index contributed by atoms with van der Waals surface area (Å²) in [6, 6.07) is 6.39. The Balaban J connectivity index is 0.00000192. The molecule has 2 heterocycles. The lowest BCUT2D eigenvalue weighted by Crippen LogP contribution is -2.24. The molecular weight excluding hydrogens is 317 g/mol. The minimum absolute atomic E-state index is 0. The molecule has 3 aromatic rings. The Bertz CT molecular complexity index is 750. The summed E-state index contributed by atoms with van der Waals surface area (Å²) in [5, 5.41) is 7.63. The van der Waals surface area contributed by atoms with E-state index in [1.165, 1.54) is 12.1 Å². The van der Waals surface area contributed by atoms with Crippen LogP contribution in [-0.4, -0.2) is 19.3 Å². The number of nitrogens with zero attached hydrogens (tertiary/aromatic N) is 4. The molecule has 1 aromatic carbocycles. The highest BCUT2D eigenvalue weighted by molar-refractivity contribution is 5.85. The minimum atomic E-state index is -0.241. The van der Waals surface area contributed by atoms with Gasteiger partial charge in [-0.3, -0.25) is 10.00 Å². The summed E-state index contributed by atoms with van der Waals surface area (Å²) in [5.74, 6) is 0.644. The zero-order chi connectivity index (χ0) is 15.5. The molecule has 122 valence electrons. The molecule has 5 nitrogen and oxygen atoms in total.